The summed E-state index contributed by atoms with van der Waals surface area (Å²) in [6.45, 7) is 2.02. The second-order valence-electron chi connectivity index (χ2n) is 3.86. The highest BCUT2D eigenvalue weighted by Crippen LogP contribution is 2.27. The third kappa shape index (κ3) is 4.42. The lowest BCUT2D eigenvalue weighted by molar-refractivity contribution is -0.126. The van der Waals surface area contributed by atoms with Gasteiger partial charge in [0.1, 0.15) is 5.75 Å². The van der Waals surface area contributed by atoms with Gasteiger partial charge < -0.3 is 15.8 Å². The van der Waals surface area contributed by atoms with Crippen molar-refractivity contribution in [3.8, 4) is 5.75 Å². The summed E-state index contributed by atoms with van der Waals surface area (Å²) in [7, 11) is 1.77. The number of urea groups is 1. The summed E-state index contributed by atoms with van der Waals surface area (Å²) >= 11 is 6.06. The average molecular weight is 286 g/mol. The van der Waals surface area contributed by atoms with Gasteiger partial charge in [0, 0.05) is 17.1 Å². The Labute approximate surface area is 116 Å². The number of nitrogens with two attached hydrogens (primary N) is 1. The van der Waals surface area contributed by atoms with Crippen LogP contribution in [0.1, 0.15) is 12.5 Å². The van der Waals surface area contributed by atoms with E-state index < -0.39 is 18.0 Å². The molecule has 0 aliphatic rings. The van der Waals surface area contributed by atoms with Gasteiger partial charge in [0.05, 0.1) is 0 Å². The number of carbonyl (C=O) groups excluding carboxylic acids is 2. The summed E-state index contributed by atoms with van der Waals surface area (Å²) in [5, 5.41) is 5.45. The van der Waals surface area contributed by atoms with Crippen molar-refractivity contribution in [2.45, 2.75) is 19.6 Å². The van der Waals surface area contributed by atoms with Gasteiger partial charge in [0.2, 0.25) is 0 Å². The van der Waals surface area contributed by atoms with Gasteiger partial charge in [0.15, 0.2) is 6.10 Å². The second-order valence-corrected chi connectivity index (χ2v) is 4.27. The molecule has 0 bridgehead atoms. The van der Waals surface area contributed by atoms with E-state index in [0.29, 0.717) is 17.3 Å². The molecule has 0 aliphatic carbocycles. The van der Waals surface area contributed by atoms with Gasteiger partial charge in [0.25, 0.3) is 5.91 Å². The lowest BCUT2D eigenvalue weighted by atomic mass is 10.2. The average Bonchev–Trinajstić information content (AvgIpc) is 2.32. The van der Waals surface area contributed by atoms with Gasteiger partial charge >= 0.3 is 6.03 Å². The van der Waals surface area contributed by atoms with Crippen LogP contribution < -0.4 is 21.1 Å². The fourth-order valence-corrected chi connectivity index (χ4v) is 1.70. The van der Waals surface area contributed by atoms with E-state index in [-0.39, 0.29) is 0 Å². The van der Waals surface area contributed by atoms with Gasteiger partial charge in [-0.2, -0.15) is 0 Å². The molecule has 19 heavy (non-hydrogen) atoms. The Morgan fingerprint density at radius 2 is 2.16 bits per heavy atom. The summed E-state index contributed by atoms with van der Waals surface area (Å²) in [6.07, 6.45) is -0.860. The molecule has 1 rings (SSSR count). The third-order valence-corrected chi connectivity index (χ3v) is 2.70. The van der Waals surface area contributed by atoms with Crippen LogP contribution in [0.3, 0.4) is 0 Å². The standard InChI is InChI=1S/C12H16ClN3O3/c1-7(11(17)16-12(14)18)19-10-5-3-4-9(13)8(10)6-15-2/h3-5,7,15H,6H2,1-2H3,(H3,14,16,17,18). The van der Waals surface area contributed by atoms with Crippen molar-refractivity contribution in [1.82, 2.24) is 10.6 Å². The summed E-state index contributed by atoms with van der Waals surface area (Å²) in [5.74, 6) is -0.128. The number of nitrogens with one attached hydrogen (secondary N) is 2. The van der Waals surface area contributed by atoms with Crippen LogP contribution in [0.15, 0.2) is 18.2 Å². The predicted octanol–water partition coefficient (Wildman–Crippen LogP) is 1.02. The Bertz CT molecular complexity index is 479. The summed E-state index contributed by atoms with van der Waals surface area (Å²) in [4.78, 5) is 22.1. The van der Waals surface area contributed by atoms with Gasteiger partial charge in [-0.1, -0.05) is 17.7 Å². The molecular weight excluding hydrogens is 270 g/mol. The highest BCUT2D eigenvalue weighted by Gasteiger charge is 2.18. The van der Waals surface area contributed by atoms with Gasteiger partial charge in [-0.15, -0.1) is 0 Å². The number of hydrogen-bond donors (Lipinski definition) is 3. The number of halogens is 1. The Balaban J connectivity index is 2.84. The molecule has 0 aromatic heterocycles. The number of hydrogen-bond acceptors (Lipinski definition) is 4. The molecule has 0 radical (unpaired) electrons. The molecule has 0 fully saturated rings. The monoisotopic (exact) mass is 285 g/mol. The number of rotatable bonds is 5. The van der Waals surface area contributed by atoms with Crippen molar-refractivity contribution < 1.29 is 14.3 Å². The molecule has 0 spiro atoms. The van der Waals surface area contributed by atoms with Crippen LogP contribution in [0.2, 0.25) is 5.02 Å². The molecule has 0 saturated heterocycles. The largest absolute Gasteiger partial charge is 0.480 e. The van der Waals surface area contributed by atoms with Crippen molar-refractivity contribution in [2.24, 2.45) is 5.73 Å². The molecule has 0 aliphatic heterocycles. The molecule has 1 aromatic carbocycles. The highest BCUT2D eigenvalue weighted by molar-refractivity contribution is 6.31. The van der Waals surface area contributed by atoms with Crippen LogP contribution in [0, 0.1) is 0 Å². The molecule has 104 valence electrons. The molecule has 1 aromatic rings. The second kappa shape index (κ2) is 6.96. The quantitative estimate of drug-likeness (QED) is 0.753. The van der Waals surface area contributed by atoms with E-state index in [1.807, 2.05) is 5.32 Å². The van der Waals surface area contributed by atoms with Crippen LogP contribution in [-0.4, -0.2) is 25.1 Å². The fraction of sp³-hybridized carbons (Fsp3) is 0.333. The minimum atomic E-state index is -0.915. The van der Waals surface area contributed by atoms with Crippen molar-refractivity contribution in [2.75, 3.05) is 7.05 Å². The van der Waals surface area contributed by atoms with Crippen molar-refractivity contribution in [1.29, 1.82) is 0 Å². The van der Waals surface area contributed by atoms with E-state index in [4.69, 9.17) is 22.1 Å². The minimum Gasteiger partial charge on any atom is -0.480 e. The Hall–Kier alpha value is -1.79. The number of primary amides is 1. The Morgan fingerprint density at radius 1 is 1.47 bits per heavy atom. The van der Waals surface area contributed by atoms with Crippen LogP contribution in [0.5, 0.6) is 5.75 Å². The van der Waals surface area contributed by atoms with E-state index in [0.717, 1.165) is 5.56 Å². The molecule has 6 nitrogen and oxygen atoms in total. The first-order valence-electron chi connectivity index (χ1n) is 5.64. The van der Waals surface area contributed by atoms with Crippen molar-refractivity contribution >= 4 is 23.5 Å². The number of ether oxygens (including phenoxy) is 1. The van der Waals surface area contributed by atoms with Crippen LogP contribution in [0.25, 0.3) is 0 Å². The predicted molar refractivity (Wildman–Crippen MR) is 72.0 cm³/mol. The Morgan fingerprint density at radius 3 is 2.74 bits per heavy atom. The Kier molecular flexibility index (Phi) is 5.59. The third-order valence-electron chi connectivity index (χ3n) is 2.35. The number of imide groups is 1. The lowest BCUT2D eigenvalue weighted by Crippen LogP contribution is -2.42. The van der Waals surface area contributed by atoms with Crippen LogP contribution >= 0.6 is 11.6 Å². The normalized spacial score (nSPS) is 11.7. The zero-order chi connectivity index (χ0) is 14.4. The maximum atomic E-state index is 11.5. The smallest absolute Gasteiger partial charge is 0.318 e. The molecular formula is C12H16ClN3O3. The first-order valence-corrected chi connectivity index (χ1v) is 6.02. The summed E-state index contributed by atoms with van der Waals surface area (Å²) < 4.78 is 5.50. The van der Waals surface area contributed by atoms with E-state index in [1.54, 1.807) is 25.2 Å². The van der Waals surface area contributed by atoms with E-state index in [1.165, 1.54) is 6.92 Å². The number of amides is 3. The molecule has 7 heteroatoms. The summed E-state index contributed by atoms with van der Waals surface area (Å²) in [6, 6.07) is 4.24. The SMILES string of the molecule is CNCc1c(Cl)cccc1OC(C)C(=O)NC(N)=O. The minimum absolute atomic E-state index is 0.481. The maximum absolute atomic E-state index is 11.5. The molecule has 1 atom stereocenters. The highest BCUT2D eigenvalue weighted by atomic mass is 35.5. The molecule has 4 N–H and O–H groups in total. The van der Waals surface area contributed by atoms with Gasteiger partial charge in [-0.25, -0.2) is 4.79 Å². The molecule has 0 saturated carbocycles. The number of benzene rings is 1. The van der Waals surface area contributed by atoms with E-state index in [2.05, 4.69) is 5.32 Å². The van der Waals surface area contributed by atoms with Crippen molar-refractivity contribution in [3.63, 3.8) is 0 Å². The lowest BCUT2D eigenvalue weighted by Gasteiger charge is -2.17. The first kappa shape index (κ1) is 15.3. The number of carbonyl (C=O) groups is 2. The molecule has 3 amide bonds. The molecule has 0 heterocycles. The van der Waals surface area contributed by atoms with E-state index in [9.17, 15) is 9.59 Å². The van der Waals surface area contributed by atoms with Gasteiger partial charge in [-0.05, 0) is 26.1 Å². The van der Waals surface area contributed by atoms with Crippen LogP contribution in [-0.2, 0) is 11.3 Å². The molecule has 1 unspecified atom stereocenters. The zero-order valence-corrected chi connectivity index (χ0v) is 11.5. The van der Waals surface area contributed by atoms with E-state index >= 15 is 0 Å². The summed E-state index contributed by atoms with van der Waals surface area (Å²) in [5.41, 5.74) is 5.61. The van der Waals surface area contributed by atoms with Gasteiger partial charge in [-0.3, -0.25) is 10.1 Å². The topological polar surface area (TPSA) is 93.4 Å². The zero-order valence-electron chi connectivity index (χ0n) is 10.7. The maximum Gasteiger partial charge on any atom is 0.318 e. The van der Waals surface area contributed by atoms with Crippen LogP contribution in [0.4, 0.5) is 4.79 Å². The van der Waals surface area contributed by atoms with Crippen molar-refractivity contribution in [3.05, 3.63) is 28.8 Å². The fourth-order valence-electron chi connectivity index (χ4n) is 1.46. The first-order chi connectivity index (χ1) is 8.95.